The normalized spacial score (nSPS) is 12.3. The molecule has 3 rings (SSSR count). The van der Waals surface area contributed by atoms with Crippen molar-refractivity contribution in [2.45, 2.75) is 45.4 Å². The lowest BCUT2D eigenvalue weighted by Gasteiger charge is -2.17. The van der Waals surface area contributed by atoms with Crippen molar-refractivity contribution in [1.82, 2.24) is 24.3 Å². The number of ketones is 1. The molecule has 8 heteroatoms. The number of rotatable bonds is 9. The summed E-state index contributed by atoms with van der Waals surface area (Å²) in [7, 11) is 1.69. The molecule has 29 heavy (non-hydrogen) atoms. The SMILES string of the molecule is CCn1c(SCC(=O)c2cc(C)n(C(C)COC)c2C)nnc1-c1ccncc1. The van der Waals surface area contributed by atoms with Crippen LogP contribution in [0.4, 0.5) is 0 Å². The number of thioether (sulfide) groups is 1. The van der Waals surface area contributed by atoms with Crippen LogP contribution in [0.1, 0.15) is 41.6 Å². The van der Waals surface area contributed by atoms with Crippen LogP contribution in [0.5, 0.6) is 0 Å². The third kappa shape index (κ3) is 4.43. The molecule has 0 N–H and O–H groups in total. The number of Topliss-reactive ketones (excluding diaryl/α,β-unsaturated/α-hetero) is 1. The van der Waals surface area contributed by atoms with Crippen LogP contribution in [0.3, 0.4) is 0 Å². The van der Waals surface area contributed by atoms with E-state index in [9.17, 15) is 4.79 Å². The van der Waals surface area contributed by atoms with E-state index >= 15 is 0 Å². The van der Waals surface area contributed by atoms with Crippen molar-refractivity contribution >= 4 is 17.5 Å². The Labute approximate surface area is 175 Å². The van der Waals surface area contributed by atoms with Crippen LogP contribution < -0.4 is 0 Å². The first-order valence-electron chi connectivity index (χ1n) is 9.64. The summed E-state index contributed by atoms with van der Waals surface area (Å²) in [5, 5.41) is 9.38. The van der Waals surface area contributed by atoms with Gasteiger partial charge in [-0.05, 0) is 45.9 Å². The molecule has 0 aliphatic heterocycles. The highest BCUT2D eigenvalue weighted by Gasteiger charge is 2.20. The molecule has 0 radical (unpaired) electrons. The highest BCUT2D eigenvalue weighted by atomic mass is 32.2. The number of aromatic nitrogens is 5. The van der Waals surface area contributed by atoms with E-state index in [1.54, 1.807) is 19.5 Å². The summed E-state index contributed by atoms with van der Waals surface area (Å²) in [4.78, 5) is 17.0. The number of pyridine rings is 1. The molecule has 1 atom stereocenters. The van der Waals surface area contributed by atoms with E-state index in [0.29, 0.717) is 12.4 Å². The molecule has 0 aliphatic rings. The molecule has 0 bridgehead atoms. The fraction of sp³-hybridized carbons (Fsp3) is 0.429. The van der Waals surface area contributed by atoms with Crippen molar-refractivity contribution in [3.05, 3.63) is 47.5 Å². The largest absolute Gasteiger partial charge is 0.383 e. The molecule has 3 aromatic rings. The molecule has 1 unspecified atom stereocenters. The van der Waals surface area contributed by atoms with E-state index in [1.165, 1.54) is 11.8 Å². The number of hydrogen-bond donors (Lipinski definition) is 0. The number of aryl methyl sites for hydroxylation is 1. The third-order valence-corrected chi connectivity index (χ3v) is 5.90. The van der Waals surface area contributed by atoms with E-state index in [4.69, 9.17) is 4.74 Å². The molecule has 0 aliphatic carbocycles. The summed E-state index contributed by atoms with van der Waals surface area (Å²) in [5.74, 6) is 1.20. The summed E-state index contributed by atoms with van der Waals surface area (Å²) < 4.78 is 9.46. The van der Waals surface area contributed by atoms with Gasteiger partial charge in [0, 0.05) is 48.6 Å². The van der Waals surface area contributed by atoms with E-state index in [-0.39, 0.29) is 11.8 Å². The summed E-state index contributed by atoms with van der Waals surface area (Å²) >= 11 is 1.42. The minimum atomic E-state index is 0.0927. The zero-order chi connectivity index (χ0) is 21.0. The van der Waals surface area contributed by atoms with Crippen molar-refractivity contribution in [3.8, 4) is 11.4 Å². The van der Waals surface area contributed by atoms with Crippen LogP contribution in [0.25, 0.3) is 11.4 Å². The standard InChI is InChI=1S/C21H27N5O2S/c1-6-25-20(17-7-9-22-10-8-17)23-24-21(25)29-13-19(27)18-11-14(2)26(16(18)4)15(3)12-28-5/h7-11,15H,6,12-13H2,1-5H3. The van der Waals surface area contributed by atoms with Gasteiger partial charge >= 0.3 is 0 Å². The first-order valence-corrected chi connectivity index (χ1v) is 10.6. The molecular weight excluding hydrogens is 386 g/mol. The fourth-order valence-electron chi connectivity index (χ4n) is 3.66. The maximum Gasteiger partial charge on any atom is 0.191 e. The molecule has 7 nitrogen and oxygen atoms in total. The Kier molecular flexibility index (Phi) is 6.87. The van der Waals surface area contributed by atoms with Crippen LogP contribution in [-0.2, 0) is 11.3 Å². The van der Waals surface area contributed by atoms with Crippen LogP contribution >= 0.6 is 11.8 Å². The lowest BCUT2D eigenvalue weighted by atomic mass is 10.2. The predicted molar refractivity (Wildman–Crippen MR) is 114 cm³/mol. The first-order chi connectivity index (χ1) is 14.0. The monoisotopic (exact) mass is 413 g/mol. The Morgan fingerprint density at radius 1 is 1.24 bits per heavy atom. The highest BCUT2D eigenvalue weighted by Crippen LogP contribution is 2.26. The van der Waals surface area contributed by atoms with Crippen LogP contribution in [0.15, 0.2) is 35.7 Å². The molecule has 0 saturated carbocycles. The zero-order valence-electron chi connectivity index (χ0n) is 17.5. The van der Waals surface area contributed by atoms with Gasteiger partial charge in [0.1, 0.15) is 0 Å². The quantitative estimate of drug-likeness (QED) is 0.390. The second-order valence-electron chi connectivity index (χ2n) is 6.96. The Bertz CT molecular complexity index is 981. The van der Waals surface area contributed by atoms with E-state index in [2.05, 4.69) is 26.7 Å². The van der Waals surface area contributed by atoms with Gasteiger partial charge in [-0.3, -0.25) is 9.78 Å². The molecular formula is C21H27N5O2S. The average Bonchev–Trinajstić information content (AvgIpc) is 3.27. The number of methoxy groups -OCH3 is 1. The molecule has 0 fully saturated rings. The van der Waals surface area contributed by atoms with Crippen molar-refractivity contribution in [2.24, 2.45) is 0 Å². The van der Waals surface area contributed by atoms with Crippen molar-refractivity contribution in [2.75, 3.05) is 19.5 Å². The van der Waals surface area contributed by atoms with Gasteiger partial charge in [0.15, 0.2) is 16.8 Å². The lowest BCUT2D eigenvalue weighted by molar-refractivity contribution is 0.102. The number of carbonyl (C=O) groups is 1. The van der Waals surface area contributed by atoms with Gasteiger partial charge in [0.2, 0.25) is 0 Å². The second kappa shape index (κ2) is 9.37. The van der Waals surface area contributed by atoms with Gasteiger partial charge in [-0.2, -0.15) is 0 Å². The minimum absolute atomic E-state index is 0.0927. The fourth-order valence-corrected chi connectivity index (χ4v) is 4.54. The second-order valence-corrected chi connectivity index (χ2v) is 7.90. The molecule has 0 amide bonds. The summed E-state index contributed by atoms with van der Waals surface area (Å²) in [6.45, 7) is 9.49. The summed E-state index contributed by atoms with van der Waals surface area (Å²) in [5.41, 5.74) is 3.77. The Morgan fingerprint density at radius 3 is 2.62 bits per heavy atom. The van der Waals surface area contributed by atoms with E-state index in [0.717, 1.165) is 40.0 Å². The zero-order valence-corrected chi connectivity index (χ0v) is 18.4. The topological polar surface area (TPSA) is 74.8 Å². The third-order valence-electron chi connectivity index (χ3n) is 4.94. The van der Waals surface area contributed by atoms with Gasteiger partial charge in [-0.1, -0.05) is 11.8 Å². The summed E-state index contributed by atoms with van der Waals surface area (Å²) in [6, 6.07) is 5.97. The molecule has 0 saturated heterocycles. The van der Waals surface area contributed by atoms with E-state index < -0.39 is 0 Å². The van der Waals surface area contributed by atoms with Crippen LogP contribution in [0, 0.1) is 13.8 Å². The van der Waals surface area contributed by atoms with Gasteiger partial charge in [0.05, 0.1) is 18.4 Å². The lowest BCUT2D eigenvalue weighted by Crippen LogP contribution is -2.14. The molecule has 154 valence electrons. The molecule has 3 heterocycles. The molecule has 0 aromatic carbocycles. The van der Waals surface area contributed by atoms with Gasteiger partial charge in [0.25, 0.3) is 0 Å². The highest BCUT2D eigenvalue weighted by molar-refractivity contribution is 7.99. The van der Waals surface area contributed by atoms with Gasteiger partial charge in [-0.25, -0.2) is 0 Å². The Morgan fingerprint density at radius 2 is 1.97 bits per heavy atom. The van der Waals surface area contributed by atoms with E-state index in [1.807, 2.05) is 43.5 Å². The average molecular weight is 414 g/mol. The van der Waals surface area contributed by atoms with Crippen molar-refractivity contribution < 1.29 is 9.53 Å². The predicted octanol–water partition coefficient (Wildman–Crippen LogP) is 3.96. The maximum absolute atomic E-state index is 12.9. The smallest absolute Gasteiger partial charge is 0.191 e. The Hall–Kier alpha value is -2.45. The van der Waals surface area contributed by atoms with Crippen LogP contribution in [-0.4, -0.2) is 49.6 Å². The summed E-state index contributed by atoms with van der Waals surface area (Å²) in [6.07, 6.45) is 3.47. The minimum Gasteiger partial charge on any atom is -0.383 e. The number of carbonyl (C=O) groups excluding carboxylic acids is 1. The van der Waals surface area contributed by atoms with Gasteiger partial charge in [-0.15, -0.1) is 10.2 Å². The number of nitrogens with zero attached hydrogens (tertiary/aromatic N) is 5. The number of ether oxygens (including phenoxy) is 1. The van der Waals surface area contributed by atoms with Crippen molar-refractivity contribution in [1.29, 1.82) is 0 Å². The molecule has 3 aromatic heterocycles. The van der Waals surface area contributed by atoms with Crippen LogP contribution in [0.2, 0.25) is 0 Å². The van der Waals surface area contributed by atoms with Crippen molar-refractivity contribution in [3.63, 3.8) is 0 Å². The molecule has 0 spiro atoms. The number of hydrogen-bond acceptors (Lipinski definition) is 6. The first kappa shape index (κ1) is 21.3. The van der Waals surface area contributed by atoms with Gasteiger partial charge < -0.3 is 13.9 Å². The Balaban J connectivity index is 1.77. The maximum atomic E-state index is 12.9.